The van der Waals surface area contributed by atoms with Crippen molar-refractivity contribution >= 4 is 39.4 Å². The van der Waals surface area contributed by atoms with Crippen molar-refractivity contribution in [2.24, 2.45) is 10.4 Å². The van der Waals surface area contributed by atoms with Crippen LogP contribution in [0.25, 0.3) is 10.9 Å². The van der Waals surface area contributed by atoms with E-state index in [0.717, 1.165) is 41.3 Å². The number of nitrogens with zero attached hydrogens (tertiary/aromatic N) is 3. The predicted octanol–water partition coefficient (Wildman–Crippen LogP) is 4.12. The van der Waals surface area contributed by atoms with Gasteiger partial charge in [-0.3, -0.25) is 24.8 Å². The first-order chi connectivity index (χ1) is 14.7. The van der Waals surface area contributed by atoms with Crippen LogP contribution in [0, 0.1) is 15.5 Å². The van der Waals surface area contributed by atoms with Crippen molar-refractivity contribution in [2.75, 3.05) is 25.4 Å². The Kier molecular flexibility index (Phi) is 6.07. The Labute approximate surface area is 185 Å². The molecule has 0 spiro atoms. The molecule has 1 saturated heterocycles. The molecule has 8 nitrogen and oxygen atoms in total. The van der Waals surface area contributed by atoms with Gasteiger partial charge in [0.25, 0.3) is 5.69 Å². The summed E-state index contributed by atoms with van der Waals surface area (Å²) in [5.41, 5.74) is 1.81. The Morgan fingerprint density at radius 2 is 2.06 bits per heavy atom. The number of benzene rings is 1. The number of H-pyrrole nitrogens is 1. The maximum absolute atomic E-state index is 12.0. The zero-order chi connectivity index (χ0) is 22.2. The molecule has 9 heteroatoms. The van der Waals surface area contributed by atoms with Crippen LogP contribution in [-0.2, 0) is 16.1 Å². The van der Waals surface area contributed by atoms with Gasteiger partial charge in [0.2, 0.25) is 0 Å². The number of hydrogen-bond acceptors (Lipinski definition) is 7. The second kappa shape index (κ2) is 8.63. The summed E-state index contributed by atoms with van der Waals surface area (Å²) in [5, 5.41) is 13.3. The number of esters is 1. The number of hydrogen-bond donors (Lipinski definition) is 1. The van der Waals surface area contributed by atoms with Crippen LogP contribution in [0.2, 0.25) is 0 Å². The van der Waals surface area contributed by atoms with Gasteiger partial charge >= 0.3 is 5.97 Å². The molecule has 2 aromatic rings. The van der Waals surface area contributed by atoms with Crippen molar-refractivity contribution in [1.29, 1.82) is 0 Å². The monoisotopic (exact) mass is 444 g/mol. The molecule has 1 unspecified atom stereocenters. The fourth-order valence-electron chi connectivity index (χ4n) is 3.87. The van der Waals surface area contributed by atoms with Crippen molar-refractivity contribution in [1.82, 2.24) is 9.88 Å². The molecule has 2 aliphatic rings. The third-order valence-electron chi connectivity index (χ3n) is 5.53. The van der Waals surface area contributed by atoms with Gasteiger partial charge in [-0.15, -0.1) is 11.8 Å². The van der Waals surface area contributed by atoms with Gasteiger partial charge in [-0.25, -0.2) is 0 Å². The van der Waals surface area contributed by atoms with E-state index in [1.165, 1.54) is 12.8 Å². The van der Waals surface area contributed by atoms with Crippen LogP contribution in [0.4, 0.5) is 5.69 Å². The number of aromatic amines is 1. The summed E-state index contributed by atoms with van der Waals surface area (Å²) in [7, 11) is 0. The fourth-order valence-corrected chi connectivity index (χ4v) is 4.88. The van der Waals surface area contributed by atoms with Crippen molar-refractivity contribution in [3.8, 4) is 0 Å². The Hall–Kier alpha value is -2.39. The maximum atomic E-state index is 12.0. The molecule has 31 heavy (non-hydrogen) atoms. The van der Waals surface area contributed by atoms with Gasteiger partial charge in [-0.05, 0) is 64.4 Å². The van der Waals surface area contributed by atoms with Crippen LogP contribution in [0.5, 0.6) is 0 Å². The lowest BCUT2D eigenvalue weighted by atomic mass is 9.97. The molecule has 166 valence electrons. The standard InChI is InChI=1S/C22H28N4O4S/c1-22(2,3)21(27)30-12-16-13-31-20(23-16)17-10-15-8-14(11-25-6-4-5-7-25)9-18(26(28)29)19(15)24-17/h8-10,16,24H,4-7,11-13H2,1-3H3. The lowest BCUT2D eigenvalue weighted by Gasteiger charge is -2.17. The van der Waals surface area contributed by atoms with E-state index in [2.05, 4.69) is 14.9 Å². The number of nitrogens with one attached hydrogen (secondary N) is 1. The Morgan fingerprint density at radius 3 is 2.74 bits per heavy atom. The highest BCUT2D eigenvalue weighted by atomic mass is 32.2. The molecule has 0 saturated carbocycles. The average molecular weight is 445 g/mol. The molecule has 1 fully saturated rings. The molecule has 4 rings (SSSR count). The van der Waals surface area contributed by atoms with E-state index in [1.54, 1.807) is 17.8 Å². The SMILES string of the molecule is CC(C)(C)C(=O)OCC1CSC(c2cc3cc(CN4CCCC4)cc([N+](=O)[O-])c3[nH]2)=N1. The quantitative estimate of drug-likeness (QED) is 0.409. The highest BCUT2D eigenvalue weighted by Crippen LogP contribution is 2.32. The first-order valence-corrected chi connectivity index (χ1v) is 11.6. The Bertz CT molecular complexity index is 1030. The van der Waals surface area contributed by atoms with Gasteiger partial charge in [0.15, 0.2) is 0 Å². The molecule has 1 aromatic carbocycles. The number of non-ortho nitro benzene ring substituents is 1. The molecular formula is C22H28N4O4S. The molecule has 0 aliphatic carbocycles. The van der Waals surface area contributed by atoms with Crippen LogP contribution in [-0.4, -0.2) is 57.3 Å². The van der Waals surface area contributed by atoms with Crippen molar-refractivity contribution in [3.63, 3.8) is 0 Å². The largest absolute Gasteiger partial charge is 0.463 e. The van der Waals surface area contributed by atoms with E-state index < -0.39 is 5.41 Å². The van der Waals surface area contributed by atoms with Crippen LogP contribution in [0.1, 0.15) is 44.9 Å². The van der Waals surface area contributed by atoms with Gasteiger partial charge in [0, 0.05) is 23.8 Å². The van der Waals surface area contributed by atoms with Crippen molar-refractivity contribution < 1.29 is 14.5 Å². The molecule has 0 radical (unpaired) electrons. The Morgan fingerprint density at radius 1 is 1.32 bits per heavy atom. The van der Waals surface area contributed by atoms with E-state index in [1.807, 2.05) is 32.9 Å². The van der Waals surface area contributed by atoms with E-state index >= 15 is 0 Å². The lowest BCUT2D eigenvalue weighted by Crippen LogP contribution is -2.26. The van der Waals surface area contributed by atoms with E-state index in [0.29, 0.717) is 11.3 Å². The van der Waals surface area contributed by atoms with Gasteiger partial charge in [-0.2, -0.15) is 0 Å². The van der Waals surface area contributed by atoms with E-state index in [9.17, 15) is 14.9 Å². The predicted molar refractivity (Wildman–Crippen MR) is 123 cm³/mol. The molecule has 1 N–H and O–H groups in total. The summed E-state index contributed by atoms with van der Waals surface area (Å²) in [4.78, 5) is 33.6. The first kappa shape index (κ1) is 21.8. The van der Waals surface area contributed by atoms with Crippen LogP contribution < -0.4 is 0 Å². The third-order valence-corrected chi connectivity index (χ3v) is 6.68. The van der Waals surface area contributed by atoms with Crippen LogP contribution >= 0.6 is 11.8 Å². The van der Waals surface area contributed by atoms with Gasteiger partial charge in [0.1, 0.15) is 17.2 Å². The second-order valence-electron chi connectivity index (χ2n) is 9.25. The average Bonchev–Trinajstić information content (AvgIpc) is 3.44. The fraction of sp³-hybridized carbons (Fsp3) is 0.545. The summed E-state index contributed by atoms with van der Waals surface area (Å²) >= 11 is 1.57. The van der Waals surface area contributed by atoms with Crippen LogP contribution in [0.3, 0.4) is 0 Å². The topological polar surface area (TPSA) is 101 Å². The summed E-state index contributed by atoms with van der Waals surface area (Å²) in [6.45, 7) is 8.52. The third kappa shape index (κ3) is 4.93. The molecule has 1 aromatic heterocycles. The molecule has 2 aliphatic heterocycles. The summed E-state index contributed by atoms with van der Waals surface area (Å²) in [6, 6.07) is 5.53. The Balaban J connectivity index is 1.55. The molecular weight excluding hydrogens is 416 g/mol. The zero-order valence-electron chi connectivity index (χ0n) is 18.1. The summed E-state index contributed by atoms with van der Waals surface area (Å²) in [6.07, 6.45) is 2.36. The maximum Gasteiger partial charge on any atom is 0.311 e. The molecule has 1 atom stereocenters. The van der Waals surface area contributed by atoms with Crippen molar-refractivity contribution in [3.05, 3.63) is 39.6 Å². The molecule has 0 bridgehead atoms. The summed E-state index contributed by atoms with van der Waals surface area (Å²) < 4.78 is 5.40. The number of likely N-dealkylation sites (tertiary alicyclic amines) is 1. The van der Waals surface area contributed by atoms with Crippen LogP contribution in [0.15, 0.2) is 23.2 Å². The van der Waals surface area contributed by atoms with Gasteiger partial charge in [0.05, 0.1) is 22.1 Å². The smallest absolute Gasteiger partial charge is 0.311 e. The number of ether oxygens (including phenoxy) is 1. The number of fused-ring (bicyclic) bond motifs is 1. The number of thioether (sulfide) groups is 1. The summed E-state index contributed by atoms with van der Waals surface area (Å²) in [5.74, 6) is 0.470. The first-order valence-electron chi connectivity index (χ1n) is 10.6. The lowest BCUT2D eigenvalue weighted by molar-refractivity contribution is -0.383. The van der Waals surface area contributed by atoms with E-state index in [4.69, 9.17) is 4.74 Å². The minimum atomic E-state index is -0.540. The van der Waals surface area contributed by atoms with E-state index in [-0.39, 0.29) is 29.2 Å². The number of nitro benzene ring substituents is 1. The number of rotatable bonds is 6. The highest BCUT2D eigenvalue weighted by molar-refractivity contribution is 8.14. The zero-order valence-corrected chi connectivity index (χ0v) is 19.0. The number of aliphatic imine (C=N–C) groups is 1. The minimum absolute atomic E-state index is 0.0946. The number of nitro groups is 1. The highest BCUT2D eigenvalue weighted by Gasteiger charge is 2.27. The minimum Gasteiger partial charge on any atom is -0.463 e. The van der Waals surface area contributed by atoms with Gasteiger partial charge in [-0.1, -0.05) is 0 Å². The number of aromatic nitrogens is 1. The number of carbonyl (C=O) groups is 1. The normalized spacial score (nSPS) is 19.7. The van der Waals surface area contributed by atoms with Crippen molar-refractivity contribution in [2.45, 2.75) is 46.2 Å². The number of carbonyl (C=O) groups excluding carboxylic acids is 1. The second-order valence-corrected chi connectivity index (χ2v) is 10.3. The van der Waals surface area contributed by atoms with Gasteiger partial charge < -0.3 is 9.72 Å². The molecule has 3 heterocycles. The molecule has 0 amide bonds.